The Balaban J connectivity index is 0.00000300. The van der Waals surface area contributed by atoms with Crippen molar-refractivity contribution in [1.82, 2.24) is 0 Å². The minimum atomic E-state index is 0. The van der Waals surface area contributed by atoms with Gasteiger partial charge in [-0.3, -0.25) is 9.79 Å². The molecule has 0 saturated carbocycles. The van der Waals surface area contributed by atoms with E-state index in [1.165, 1.54) is 6.42 Å². The second kappa shape index (κ2) is 11.6. The molecule has 0 atom stereocenters. The van der Waals surface area contributed by atoms with Gasteiger partial charge in [0.15, 0.2) is 5.78 Å². The number of carbonyl (C=O) groups is 1. The van der Waals surface area contributed by atoms with Crippen LogP contribution in [0.2, 0.25) is 0 Å². The van der Waals surface area contributed by atoms with Gasteiger partial charge in [-0.1, -0.05) is 6.42 Å². The van der Waals surface area contributed by atoms with Crippen molar-refractivity contribution in [3.8, 4) is 11.5 Å². The van der Waals surface area contributed by atoms with Crippen LogP contribution in [-0.4, -0.2) is 38.4 Å². The number of nitrogens with zero attached hydrogens (tertiary/aromatic N) is 2. The monoisotopic (exact) mass is 460 g/mol. The number of aliphatic imine (C=N–C) groups is 1. The third-order valence-corrected chi connectivity index (χ3v) is 4.84. The van der Waals surface area contributed by atoms with E-state index >= 15 is 0 Å². The maximum atomic E-state index is 13.0. The number of amidine groups is 1. The van der Waals surface area contributed by atoms with Gasteiger partial charge in [-0.05, 0) is 68.3 Å². The molecule has 0 radical (unpaired) electrons. The fraction of sp³-hybridized carbons (Fsp3) is 0.391. The summed E-state index contributed by atoms with van der Waals surface area (Å²) in [6, 6.07) is 15.1. The number of ether oxygens (including phenoxy) is 2. The van der Waals surface area contributed by atoms with E-state index in [-0.39, 0.29) is 29.3 Å². The molecule has 1 aliphatic rings. The highest BCUT2D eigenvalue weighted by Gasteiger charge is 2.19. The Kier molecular flexibility index (Phi) is 9.19. The molecule has 0 N–H and O–H groups in total. The average molecular weight is 461 g/mol. The Morgan fingerprint density at radius 1 is 1.00 bits per heavy atom. The molecule has 5 nitrogen and oxygen atoms in total. The molecule has 0 spiro atoms. The first-order chi connectivity index (χ1) is 13.7. The minimum Gasteiger partial charge on any atom is -0.497 e. The molecule has 0 fully saturated rings. The zero-order valence-corrected chi connectivity index (χ0v) is 18.8. The van der Waals surface area contributed by atoms with Crippen molar-refractivity contribution in [3.63, 3.8) is 0 Å². The van der Waals surface area contributed by atoms with Crippen LogP contribution >= 0.6 is 17.0 Å². The van der Waals surface area contributed by atoms with E-state index < -0.39 is 0 Å². The van der Waals surface area contributed by atoms with Crippen LogP contribution in [0.15, 0.2) is 53.5 Å². The van der Waals surface area contributed by atoms with Crippen LogP contribution in [0.25, 0.3) is 0 Å². The van der Waals surface area contributed by atoms with E-state index in [9.17, 15) is 4.79 Å². The smallest absolute Gasteiger partial charge is 0.182 e. The van der Waals surface area contributed by atoms with Gasteiger partial charge in [0.1, 0.15) is 17.3 Å². The predicted octanol–water partition coefficient (Wildman–Crippen LogP) is 5.33. The fourth-order valence-corrected chi connectivity index (χ4v) is 3.31. The molecule has 2 aromatic rings. The zero-order valence-electron chi connectivity index (χ0n) is 17.1. The number of anilines is 1. The lowest BCUT2D eigenvalue weighted by Gasteiger charge is -2.26. The Morgan fingerprint density at radius 3 is 2.34 bits per heavy atom. The normalized spacial score (nSPS) is 13.5. The Morgan fingerprint density at radius 2 is 1.69 bits per heavy atom. The molecule has 6 heteroatoms. The molecule has 29 heavy (non-hydrogen) atoms. The highest BCUT2D eigenvalue weighted by molar-refractivity contribution is 8.93. The van der Waals surface area contributed by atoms with Crippen molar-refractivity contribution in [2.75, 3.05) is 31.7 Å². The maximum absolute atomic E-state index is 13.0. The van der Waals surface area contributed by atoms with Gasteiger partial charge in [-0.2, -0.15) is 0 Å². The first kappa shape index (κ1) is 22.9. The molecule has 2 aromatic carbocycles. The molecule has 3 rings (SSSR count). The standard InChI is InChI=1S/C23H28N2O3.BrH/c1-3-28-21-12-8-18(9-13-21)22(26)17-25(23-7-5-4-6-16-24-23)19-10-14-20(27-2)15-11-19;/h8-15H,3-7,16-17H2,1-2H3;1H. The van der Waals surface area contributed by atoms with Crippen molar-refractivity contribution in [2.24, 2.45) is 4.99 Å². The van der Waals surface area contributed by atoms with Crippen LogP contribution in [0.1, 0.15) is 43.0 Å². The van der Waals surface area contributed by atoms with E-state index in [1.807, 2.05) is 60.4 Å². The molecule has 0 saturated heterocycles. The number of rotatable bonds is 7. The molecule has 0 bridgehead atoms. The third kappa shape index (κ3) is 6.32. The van der Waals surface area contributed by atoms with Gasteiger partial charge in [0.2, 0.25) is 0 Å². The largest absolute Gasteiger partial charge is 0.497 e. The maximum Gasteiger partial charge on any atom is 0.182 e. The number of hydrogen-bond acceptors (Lipinski definition) is 5. The van der Waals surface area contributed by atoms with Crippen molar-refractivity contribution in [2.45, 2.75) is 32.6 Å². The highest BCUT2D eigenvalue weighted by Crippen LogP contribution is 2.23. The summed E-state index contributed by atoms with van der Waals surface area (Å²) >= 11 is 0. The third-order valence-electron chi connectivity index (χ3n) is 4.84. The van der Waals surface area contributed by atoms with Gasteiger partial charge in [-0.25, -0.2) is 0 Å². The average Bonchev–Trinajstić information content (AvgIpc) is 3.02. The predicted molar refractivity (Wildman–Crippen MR) is 123 cm³/mol. The molecule has 156 valence electrons. The number of carbonyl (C=O) groups excluding carboxylic acids is 1. The first-order valence-corrected chi connectivity index (χ1v) is 9.92. The van der Waals surface area contributed by atoms with Gasteiger partial charge in [0, 0.05) is 24.2 Å². The van der Waals surface area contributed by atoms with E-state index in [4.69, 9.17) is 14.5 Å². The van der Waals surface area contributed by atoms with Crippen molar-refractivity contribution >= 4 is 34.3 Å². The molecular weight excluding hydrogens is 432 g/mol. The van der Waals surface area contributed by atoms with Gasteiger partial charge >= 0.3 is 0 Å². The number of ketones is 1. The van der Waals surface area contributed by atoms with Gasteiger partial charge in [-0.15, -0.1) is 17.0 Å². The van der Waals surface area contributed by atoms with Crippen LogP contribution in [0, 0.1) is 0 Å². The van der Waals surface area contributed by atoms with E-state index in [2.05, 4.69) is 0 Å². The number of hydrogen-bond donors (Lipinski definition) is 0. The summed E-state index contributed by atoms with van der Waals surface area (Å²) in [5.41, 5.74) is 1.64. The first-order valence-electron chi connectivity index (χ1n) is 9.92. The van der Waals surface area contributed by atoms with Gasteiger partial charge in [0.25, 0.3) is 0 Å². The molecule has 0 amide bonds. The second-order valence-corrected chi connectivity index (χ2v) is 6.77. The summed E-state index contributed by atoms with van der Waals surface area (Å²) in [4.78, 5) is 19.8. The topological polar surface area (TPSA) is 51.1 Å². The molecule has 1 aliphatic heterocycles. The minimum absolute atomic E-state index is 0. The van der Waals surface area contributed by atoms with Gasteiger partial charge in [0.05, 0.1) is 20.3 Å². The second-order valence-electron chi connectivity index (χ2n) is 6.77. The summed E-state index contributed by atoms with van der Waals surface area (Å²) in [5, 5.41) is 0. The van der Waals surface area contributed by atoms with Crippen LogP contribution in [0.4, 0.5) is 5.69 Å². The van der Waals surface area contributed by atoms with Crippen molar-refractivity contribution in [1.29, 1.82) is 0 Å². The quantitative estimate of drug-likeness (QED) is 0.523. The van der Waals surface area contributed by atoms with Crippen molar-refractivity contribution < 1.29 is 14.3 Å². The van der Waals surface area contributed by atoms with E-state index in [0.29, 0.717) is 12.2 Å². The van der Waals surface area contributed by atoms with Crippen LogP contribution < -0.4 is 14.4 Å². The van der Waals surface area contributed by atoms with E-state index in [0.717, 1.165) is 48.8 Å². The molecule has 1 heterocycles. The molecular formula is C23H29BrN2O3. The summed E-state index contributed by atoms with van der Waals surface area (Å²) in [6.07, 6.45) is 4.27. The zero-order chi connectivity index (χ0) is 19.8. The number of benzene rings is 2. The van der Waals surface area contributed by atoms with Crippen LogP contribution in [0.3, 0.4) is 0 Å². The molecule has 0 aromatic heterocycles. The lowest BCUT2D eigenvalue weighted by atomic mass is 10.1. The number of halogens is 1. The Bertz CT molecular complexity index is 804. The Hall–Kier alpha value is -2.34. The lowest BCUT2D eigenvalue weighted by molar-refractivity contribution is 0.100. The summed E-state index contributed by atoms with van der Waals surface area (Å²) < 4.78 is 10.7. The summed E-state index contributed by atoms with van der Waals surface area (Å²) in [7, 11) is 1.65. The van der Waals surface area contributed by atoms with Crippen molar-refractivity contribution in [3.05, 3.63) is 54.1 Å². The fourth-order valence-electron chi connectivity index (χ4n) is 3.31. The lowest BCUT2D eigenvalue weighted by Crippen LogP contribution is -2.36. The SMILES string of the molecule is Br.CCOc1ccc(C(=O)CN(C2=NCCCCC2)c2ccc(OC)cc2)cc1. The summed E-state index contributed by atoms with van der Waals surface area (Å²) in [5.74, 6) is 2.62. The van der Waals surface area contributed by atoms with Gasteiger partial charge < -0.3 is 14.4 Å². The molecule has 0 aliphatic carbocycles. The van der Waals surface area contributed by atoms with Crippen LogP contribution in [0.5, 0.6) is 11.5 Å². The Labute approximate surface area is 183 Å². The highest BCUT2D eigenvalue weighted by atomic mass is 79.9. The molecule has 0 unspecified atom stereocenters. The van der Waals surface area contributed by atoms with E-state index in [1.54, 1.807) is 7.11 Å². The number of Topliss-reactive ketones (excluding diaryl/α,β-unsaturated/α-hetero) is 1. The number of methoxy groups -OCH3 is 1. The van der Waals surface area contributed by atoms with Crippen LogP contribution in [-0.2, 0) is 0 Å². The summed E-state index contributed by atoms with van der Waals surface area (Å²) in [6.45, 7) is 3.63.